The molecule has 7 nitrogen and oxygen atoms in total. The van der Waals surface area contributed by atoms with Crippen LogP contribution in [0.3, 0.4) is 0 Å². The summed E-state index contributed by atoms with van der Waals surface area (Å²) in [5.41, 5.74) is 1.42. The van der Waals surface area contributed by atoms with Gasteiger partial charge in [-0.05, 0) is 13.0 Å². The van der Waals surface area contributed by atoms with Crippen molar-refractivity contribution in [2.24, 2.45) is 0 Å². The van der Waals surface area contributed by atoms with Crippen molar-refractivity contribution in [1.82, 2.24) is 10.6 Å². The normalized spacial score (nSPS) is 18.7. The number of piperazine rings is 1. The predicted molar refractivity (Wildman–Crippen MR) is 75.9 cm³/mol. The highest BCUT2D eigenvalue weighted by Crippen LogP contribution is 2.29. The summed E-state index contributed by atoms with van der Waals surface area (Å²) in [6, 6.07) is 4.61. The van der Waals surface area contributed by atoms with E-state index in [9.17, 15) is 14.9 Å². The number of hydrogen-bond acceptors (Lipinski definition) is 5. The molecule has 7 heteroatoms. The second kappa shape index (κ2) is 5.87. The third-order valence-electron chi connectivity index (χ3n) is 3.58. The molecule has 1 amide bonds. The maximum Gasteiger partial charge on any atom is 0.274 e. The van der Waals surface area contributed by atoms with Crippen molar-refractivity contribution in [3.63, 3.8) is 0 Å². The lowest BCUT2D eigenvalue weighted by Gasteiger charge is -2.37. The number of carbonyl (C=O) groups is 1. The van der Waals surface area contributed by atoms with E-state index >= 15 is 0 Å². The molecule has 0 radical (unpaired) electrons. The number of benzene rings is 1. The van der Waals surface area contributed by atoms with Crippen molar-refractivity contribution in [1.29, 1.82) is 0 Å². The van der Waals surface area contributed by atoms with Crippen LogP contribution in [-0.4, -0.2) is 43.6 Å². The molecule has 1 aromatic carbocycles. The molecule has 108 valence electrons. The van der Waals surface area contributed by atoms with E-state index in [2.05, 4.69) is 10.6 Å². The third-order valence-corrected chi connectivity index (χ3v) is 3.58. The minimum Gasteiger partial charge on any atom is -0.357 e. The van der Waals surface area contributed by atoms with Gasteiger partial charge in [0.15, 0.2) is 0 Å². The minimum atomic E-state index is -0.393. The van der Waals surface area contributed by atoms with Gasteiger partial charge in [-0.1, -0.05) is 6.07 Å². The quantitative estimate of drug-likeness (QED) is 0.618. The average Bonchev–Trinajstić information content (AvgIpc) is 2.46. The van der Waals surface area contributed by atoms with Crippen LogP contribution in [0.4, 0.5) is 11.4 Å². The average molecular weight is 278 g/mol. The van der Waals surface area contributed by atoms with Crippen LogP contribution in [0.15, 0.2) is 18.2 Å². The fourth-order valence-corrected chi connectivity index (χ4v) is 2.51. The summed E-state index contributed by atoms with van der Waals surface area (Å²) in [7, 11) is 1.59. The van der Waals surface area contributed by atoms with Crippen LogP contribution < -0.4 is 15.5 Å². The highest BCUT2D eigenvalue weighted by molar-refractivity contribution is 5.86. The van der Waals surface area contributed by atoms with Gasteiger partial charge < -0.3 is 15.5 Å². The molecule has 1 aliphatic rings. The molecule has 20 heavy (non-hydrogen) atoms. The van der Waals surface area contributed by atoms with Crippen LogP contribution in [0.25, 0.3) is 0 Å². The Hall–Kier alpha value is -2.15. The number of hydrogen-bond donors (Lipinski definition) is 2. The topological polar surface area (TPSA) is 87.5 Å². The van der Waals surface area contributed by atoms with Crippen LogP contribution in [0, 0.1) is 17.0 Å². The van der Waals surface area contributed by atoms with Gasteiger partial charge in [-0.15, -0.1) is 0 Å². The van der Waals surface area contributed by atoms with Gasteiger partial charge in [-0.25, -0.2) is 0 Å². The minimum absolute atomic E-state index is 0.0803. The van der Waals surface area contributed by atoms with Gasteiger partial charge in [0.2, 0.25) is 5.91 Å². The zero-order chi connectivity index (χ0) is 14.7. The van der Waals surface area contributed by atoms with Gasteiger partial charge >= 0.3 is 0 Å². The van der Waals surface area contributed by atoms with Crippen LogP contribution >= 0.6 is 0 Å². The van der Waals surface area contributed by atoms with Crippen molar-refractivity contribution in [3.05, 3.63) is 33.9 Å². The molecule has 0 bridgehead atoms. The third kappa shape index (κ3) is 2.57. The zero-order valence-electron chi connectivity index (χ0n) is 11.5. The summed E-state index contributed by atoms with van der Waals surface area (Å²) < 4.78 is 0. The molecule has 0 aliphatic carbocycles. The van der Waals surface area contributed by atoms with Gasteiger partial charge in [0, 0.05) is 38.4 Å². The Balaban J connectivity index is 2.40. The molecule has 1 saturated heterocycles. The number of carbonyl (C=O) groups excluding carboxylic acids is 1. The molecule has 1 unspecified atom stereocenters. The molecule has 0 aromatic heterocycles. The fraction of sp³-hybridized carbons (Fsp3) is 0.462. The molecule has 0 saturated carbocycles. The SMILES string of the molecule is CNC(=O)C1CNCCN1c1cccc([N+](=O)[O-])c1C. The van der Waals surface area contributed by atoms with Gasteiger partial charge in [0.05, 0.1) is 10.5 Å². The predicted octanol–water partition coefficient (Wildman–Crippen LogP) is 0.427. The molecule has 1 fully saturated rings. The maximum absolute atomic E-state index is 12.0. The number of anilines is 1. The van der Waals surface area contributed by atoms with E-state index in [4.69, 9.17) is 0 Å². The van der Waals surface area contributed by atoms with E-state index in [1.807, 2.05) is 11.0 Å². The molecule has 2 N–H and O–H groups in total. The zero-order valence-corrected chi connectivity index (χ0v) is 11.5. The Morgan fingerprint density at radius 3 is 2.95 bits per heavy atom. The first-order valence-corrected chi connectivity index (χ1v) is 6.49. The van der Waals surface area contributed by atoms with Crippen LogP contribution in [-0.2, 0) is 4.79 Å². The van der Waals surface area contributed by atoms with Crippen molar-refractivity contribution in [2.45, 2.75) is 13.0 Å². The molecule has 1 aliphatic heterocycles. The second-order valence-corrected chi connectivity index (χ2v) is 4.71. The maximum atomic E-state index is 12.0. The Labute approximate surface area is 117 Å². The summed E-state index contributed by atoms with van der Waals surface area (Å²) in [5.74, 6) is -0.0943. The Morgan fingerprint density at radius 2 is 2.30 bits per heavy atom. The lowest BCUT2D eigenvalue weighted by atomic mass is 10.1. The number of nitro groups is 1. The summed E-state index contributed by atoms with van der Waals surface area (Å²) in [6.45, 7) is 3.63. The lowest BCUT2D eigenvalue weighted by Crippen LogP contribution is -2.57. The summed E-state index contributed by atoms with van der Waals surface area (Å²) in [4.78, 5) is 24.5. The second-order valence-electron chi connectivity index (χ2n) is 4.71. The van der Waals surface area contributed by atoms with Crippen molar-refractivity contribution in [3.8, 4) is 0 Å². The molecule has 2 rings (SSSR count). The highest BCUT2D eigenvalue weighted by atomic mass is 16.6. The Bertz CT molecular complexity index is 532. The first-order valence-electron chi connectivity index (χ1n) is 6.49. The van der Waals surface area contributed by atoms with Crippen molar-refractivity contribution < 1.29 is 9.72 Å². The standard InChI is InChI=1S/C13H18N4O3/c1-9-10(4-3-5-11(9)17(19)20)16-7-6-15-8-12(16)13(18)14-2/h3-5,12,15H,6-8H2,1-2H3,(H,14,18). The van der Waals surface area contributed by atoms with Crippen LogP contribution in [0.1, 0.15) is 5.56 Å². The van der Waals surface area contributed by atoms with Gasteiger partial charge in [0.25, 0.3) is 5.69 Å². The van der Waals surface area contributed by atoms with Crippen LogP contribution in [0.5, 0.6) is 0 Å². The largest absolute Gasteiger partial charge is 0.357 e. The first kappa shape index (κ1) is 14.3. The van der Waals surface area contributed by atoms with E-state index in [1.54, 1.807) is 20.0 Å². The Kier molecular flexibility index (Phi) is 4.19. The molecule has 1 aromatic rings. The van der Waals surface area contributed by atoms with Gasteiger partial charge in [-0.3, -0.25) is 14.9 Å². The van der Waals surface area contributed by atoms with E-state index in [0.717, 1.165) is 12.2 Å². The first-order chi connectivity index (χ1) is 9.56. The van der Waals surface area contributed by atoms with Crippen molar-refractivity contribution >= 4 is 17.3 Å². The number of rotatable bonds is 3. The van der Waals surface area contributed by atoms with Gasteiger partial charge in [0.1, 0.15) is 6.04 Å². The molecule has 1 atom stereocenters. The Morgan fingerprint density at radius 1 is 1.55 bits per heavy atom. The summed E-state index contributed by atoms with van der Waals surface area (Å²) in [6.07, 6.45) is 0. The fourth-order valence-electron chi connectivity index (χ4n) is 2.51. The highest BCUT2D eigenvalue weighted by Gasteiger charge is 2.30. The molecular weight excluding hydrogens is 260 g/mol. The van der Waals surface area contributed by atoms with Crippen LogP contribution in [0.2, 0.25) is 0 Å². The lowest BCUT2D eigenvalue weighted by molar-refractivity contribution is -0.385. The number of nitrogens with zero attached hydrogens (tertiary/aromatic N) is 2. The number of amides is 1. The molecule has 0 spiro atoms. The van der Waals surface area contributed by atoms with E-state index in [-0.39, 0.29) is 17.6 Å². The van der Waals surface area contributed by atoms with E-state index < -0.39 is 4.92 Å². The smallest absolute Gasteiger partial charge is 0.274 e. The number of nitro benzene ring substituents is 1. The van der Waals surface area contributed by atoms with Gasteiger partial charge in [-0.2, -0.15) is 0 Å². The summed E-state index contributed by atoms with van der Waals surface area (Å²) >= 11 is 0. The van der Waals surface area contributed by atoms with Crippen molar-refractivity contribution in [2.75, 3.05) is 31.6 Å². The molecule has 1 heterocycles. The van der Waals surface area contributed by atoms with E-state index in [0.29, 0.717) is 18.7 Å². The summed E-state index contributed by atoms with van der Waals surface area (Å²) in [5, 5.41) is 16.8. The molecular formula is C13H18N4O3. The monoisotopic (exact) mass is 278 g/mol. The number of likely N-dealkylation sites (N-methyl/N-ethyl adjacent to an activating group) is 1. The number of nitrogens with one attached hydrogen (secondary N) is 2. The van der Waals surface area contributed by atoms with E-state index in [1.165, 1.54) is 6.07 Å².